The van der Waals surface area contributed by atoms with Crippen molar-refractivity contribution in [2.75, 3.05) is 11.4 Å². The van der Waals surface area contributed by atoms with E-state index in [1.807, 2.05) is 35.2 Å². The van der Waals surface area contributed by atoms with E-state index in [0.29, 0.717) is 24.3 Å². The first-order valence-electron chi connectivity index (χ1n) is 9.61. The van der Waals surface area contributed by atoms with Gasteiger partial charge in [0.15, 0.2) is 0 Å². The molecule has 29 heavy (non-hydrogen) atoms. The largest absolute Gasteiger partial charge is 0.364 e. The highest BCUT2D eigenvalue weighted by Crippen LogP contribution is 2.37. The van der Waals surface area contributed by atoms with Crippen LogP contribution in [0, 0.1) is 11.6 Å². The standard InChI is InChI=1S/C23H21F2N3O/c24-17-8-9-20(25)19(13-17)22-7-4-12-28(22)18-10-11-26-21(14-18)23(29)27-15-16-5-2-1-3-6-16/h1-3,5-6,8-11,13-14,22H,4,7,12,15H2,(H,27,29). The molecule has 0 saturated carbocycles. The summed E-state index contributed by atoms with van der Waals surface area (Å²) in [6.45, 7) is 1.11. The fourth-order valence-corrected chi connectivity index (χ4v) is 3.76. The maximum atomic E-state index is 14.3. The van der Waals surface area contributed by atoms with Crippen molar-refractivity contribution in [1.29, 1.82) is 0 Å². The Morgan fingerprint density at radius 2 is 1.93 bits per heavy atom. The van der Waals surface area contributed by atoms with Gasteiger partial charge in [-0.15, -0.1) is 0 Å². The third-order valence-electron chi connectivity index (χ3n) is 5.17. The van der Waals surface area contributed by atoms with Crippen molar-refractivity contribution in [2.45, 2.75) is 25.4 Å². The molecule has 4 nitrogen and oxygen atoms in total. The van der Waals surface area contributed by atoms with Crippen molar-refractivity contribution >= 4 is 11.6 Å². The third kappa shape index (κ3) is 4.26. The van der Waals surface area contributed by atoms with Crippen molar-refractivity contribution in [3.63, 3.8) is 0 Å². The lowest BCUT2D eigenvalue weighted by molar-refractivity contribution is 0.0946. The fraction of sp³-hybridized carbons (Fsp3) is 0.217. The summed E-state index contributed by atoms with van der Waals surface area (Å²) in [6, 6.07) is 16.4. The first-order chi connectivity index (χ1) is 14.1. The summed E-state index contributed by atoms with van der Waals surface area (Å²) < 4.78 is 28.0. The van der Waals surface area contributed by atoms with Crippen LogP contribution in [-0.2, 0) is 6.54 Å². The molecule has 1 fully saturated rings. The number of rotatable bonds is 5. The molecule has 1 N–H and O–H groups in total. The Balaban J connectivity index is 1.53. The van der Waals surface area contributed by atoms with Gasteiger partial charge in [0, 0.05) is 30.5 Å². The molecule has 2 aromatic carbocycles. The number of nitrogens with zero attached hydrogens (tertiary/aromatic N) is 2. The summed E-state index contributed by atoms with van der Waals surface area (Å²) in [4.78, 5) is 18.7. The van der Waals surface area contributed by atoms with E-state index in [4.69, 9.17) is 0 Å². The maximum Gasteiger partial charge on any atom is 0.270 e. The normalized spacial score (nSPS) is 16.1. The van der Waals surface area contributed by atoms with Gasteiger partial charge in [0.05, 0.1) is 6.04 Å². The van der Waals surface area contributed by atoms with Gasteiger partial charge in [-0.2, -0.15) is 0 Å². The minimum atomic E-state index is -0.455. The molecule has 1 aliphatic heterocycles. The number of aromatic nitrogens is 1. The third-order valence-corrected chi connectivity index (χ3v) is 5.17. The van der Waals surface area contributed by atoms with Gasteiger partial charge >= 0.3 is 0 Å². The van der Waals surface area contributed by atoms with Crippen LogP contribution in [-0.4, -0.2) is 17.4 Å². The SMILES string of the molecule is O=C(NCc1ccccc1)c1cc(N2CCCC2c2cc(F)ccc2F)ccn1. The van der Waals surface area contributed by atoms with Gasteiger partial charge in [0.1, 0.15) is 17.3 Å². The summed E-state index contributed by atoms with van der Waals surface area (Å²) in [5.74, 6) is -1.15. The molecule has 1 unspecified atom stereocenters. The van der Waals surface area contributed by atoms with Crippen molar-refractivity contribution in [2.24, 2.45) is 0 Å². The summed E-state index contributed by atoms with van der Waals surface area (Å²) in [7, 11) is 0. The molecule has 1 aliphatic rings. The van der Waals surface area contributed by atoms with E-state index in [1.54, 1.807) is 18.3 Å². The highest BCUT2D eigenvalue weighted by Gasteiger charge is 2.29. The first-order valence-corrected chi connectivity index (χ1v) is 9.61. The summed E-state index contributed by atoms with van der Waals surface area (Å²) in [5, 5.41) is 2.86. The predicted molar refractivity (Wildman–Crippen MR) is 108 cm³/mol. The number of benzene rings is 2. The number of hydrogen-bond acceptors (Lipinski definition) is 3. The number of amides is 1. The molecule has 4 rings (SSSR count). The lowest BCUT2D eigenvalue weighted by Crippen LogP contribution is -2.26. The van der Waals surface area contributed by atoms with Gasteiger partial charge in [-0.1, -0.05) is 30.3 Å². The number of nitrogens with one attached hydrogen (secondary N) is 1. The molecular formula is C23H21F2N3O. The molecule has 3 aromatic rings. The lowest BCUT2D eigenvalue weighted by atomic mass is 10.0. The van der Waals surface area contributed by atoms with Crippen LogP contribution in [0.1, 0.15) is 40.5 Å². The molecule has 0 spiro atoms. The van der Waals surface area contributed by atoms with Crippen molar-refractivity contribution < 1.29 is 13.6 Å². The molecule has 148 valence electrons. The monoisotopic (exact) mass is 393 g/mol. The van der Waals surface area contributed by atoms with Crippen LogP contribution < -0.4 is 10.2 Å². The van der Waals surface area contributed by atoms with E-state index in [2.05, 4.69) is 10.3 Å². The molecule has 6 heteroatoms. The van der Waals surface area contributed by atoms with Gasteiger partial charge in [0.2, 0.25) is 0 Å². The zero-order valence-corrected chi connectivity index (χ0v) is 15.8. The Bertz CT molecular complexity index is 1010. The number of hydrogen-bond donors (Lipinski definition) is 1. The van der Waals surface area contributed by atoms with Crippen LogP contribution in [0.5, 0.6) is 0 Å². The molecule has 0 aliphatic carbocycles. The Labute approximate surface area is 168 Å². The van der Waals surface area contributed by atoms with E-state index in [1.165, 1.54) is 6.07 Å². The molecular weight excluding hydrogens is 372 g/mol. The second kappa shape index (κ2) is 8.39. The summed E-state index contributed by atoms with van der Waals surface area (Å²) in [5.41, 5.74) is 2.41. The van der Waals surface area contributed by atoms with Crippen molar-refractivity contribution in [3.8, 4) is 0 Å². The number of carbonyl (C=O) groups is 1. The summed E-state index contributed by atoms with van der Waals surface area (Å²) in [6.07, 6.45) is 3.15. The Morgan fingerprint density at radius 3 is 2.76 bits per heavy atom. The minimum absolute atomic E-state index is 0.270. The number of halogens is 2. The predicted octanol–water partition coefficient (Wildman–Crippen LogP) is 4.63. The minimum Gasteiger partial charge on any atom is -0.364 e. The van der Waals surface area contributed by atoms with Gasteiger partial charge in [-0.25, -0.2) is 8.78 Å². The average molecular weight is 393 g/mol. The van der Waals surface area contributed by atoms with E-state index in [-0.39, 0.29) is 11.9 Å². The van der Waals surface area contributed by atoms with Crippen LogP contribution in [0.2, 0.25) is 0 Å². The molecule has 1 amide bonds. The van der Waals surface area contributed by atoms with E-state index >= 15 is 0 Å². The van der Waals surface area contributed by atoms with E-state index in [9.17, 15) is 13.6 Å². The van der Waals surface area contributed by atoms with E-state index < -0.39 is 11.6 Å². The quantitative estimate of drug-likeness (QED) is 0.687. The Kier molecular flexibility index (Phi) is 5.51. The summed E-state index contributed by atoms with van der Waals surface area (Å²) >= 11 is 0. The highest BCUT2D eigenvalue weighted by atomic mass is 19.1. The molecule has 1 saturated heterocycles. The molecule has 0 radical (unpaired) electrons. The van der Waals surface area contributed by atoms with Crippen LogP contribution in [0.3, 0.4) is 0 Å². The maximum absolute atomic E-state index is 14.3. The van der Waals surface area contributed by atoms with E-state index in [0.717, 1.165) is 36.2 Å². The van der Waals surface area contributed by atoms with Crippen molar-refractivity contribution in [3.05, 3.63) is 95.3 Å². The number of carbonyl (C=O) groups excluding carboxylic acids is 1. The smallest absolute Gasteiger partial charge is 0.270 e. The topological polar surface area (TPSA) is 45.2 Å². The Morgan fingerprint density at radius 1 is 1.10 bits per heavy atom. The van der Waals surface area contributed by atoms with Crippen LogP contribution >= 0.6 is 0 Å². The molecule has 1 atom stereocenters. The van der Waals surface area contributed by atoms with Crippen LogP contribution in [0.25, 0.3) is 0 Å². The average Bonchev–Trinajstić information content (AvgIpc) is 3.24. The van der Waals surface area contributed by atoms with Gasteiger partial charge in [-0.3, -0.25) is 9.78 Å². The highest BCUT2D eigenvalue weighted by molar-refractivity contribution is 5.93. The second-order valence-electron chi connectivity index (χ2n) is 7.08. The Hall–Kier alpha value is -3.28. The fourth-order valence-electron chi connectivity index (χ4n) is 3.76. The van der Waals surface area contributed by atoms with Gasteiger partial charge in [0.25, 0.3) is 5.91 Å². The molecule has 0 bridgehead atoms. The number of anilines is 1. The second-order valence-corrected chi connectivity index (χ2v) is 7.08. The number of pyridine rings is 1. The van der Waals surface area contributed by atoms with Crippen LogP contribution in [0.4, 0.5) is 14.5 Å². The zero-order valence-electron chi connectivity index (χ0n) is 15.8. The molecule has 2 heterocycles. The van der Waals surface area contributed by atoms with Crippen molar-refractivity contribution in [1.82, 2.24) is 10.3 Å². The van der Waals surface area contributed by atoms with Gasteiger partial charge < -0.3 is 10.2 Å². The van der Waals surface area contributed by atoms with Crippen LogP contribution in [0.15, 0.2) is 66.9 Å². The zero-order chi connectivity index (χ0) is 20.2. The molecule has 1 aromatic heterocycles. The van der Waals surface area contributed by atoms with Gasteiger partial charge in [-0.05, 0) is 48.7 Å². The first kappa shape index (κ1) is 19.1. The lowest BCUT2D eigenvalue weighted by Gasteiger charge is -2.27.